The maximum absolute atomic E-state index is 14.2. The summed E-state index contributed by atoms with van der Waals surface area (Å²) in [5.74, 6) is -2.25. The van der Waals surface area contributed by atoms with E-state index in [0.717, 1.165) is 27.6 Å². The molecule has 0 radical (unpaired) electrons. The zero-order chi connectivity index (χ0) is 26.1. The molecule has 3 heterocycles. The molecular weight excluding hydrogens is 496 g/mol. The van der Waals surface area contributed by atoms with Crippen molar-refractivity contribution < 1.29 is 14.4 Å². The van der Waals surface area contributed by atoms with Crippen molar-refractivity contribution in [1.29, 1.82) is 0 Å². The third-order valence-corrected chi connectivity index (χ3v) is 8.36. The fraction of sp³-hybridized carbons (Fsp3) is 0.156. The van der Waals surface area contributed by atoms with Crippen molar-refractivity contribution in [2.45, 2.75) is 19.0 Å². The van der Waals surface area contributed by atoms with Gasteiger partial charge in [0, 0.05) is 21.8 Å². The van der Waals surface area contributed by atoms with E-state index in [0.29, 0.717) is 16.3 Å². The fourth-order valence-corrected chi connectivity index (χ4v) is 6.63. The highest BCUT2D eigenvalue weighted by Gasteiger charge is 2.64. The van der Waals surface area contributed by atoms with E-state index in [-0.39, 0.29) is 17.6 Å². The Hall–Kier alpha value is -4.22. The molecule has 2 fully saturated rings. The number of hydrogen-bond donors (Lipinski definition) is 0. The average molecular weight is 519 g/mol. The van der Waals surface area contributed by atoms with Crippen molar-refractivity contribution in [2.75, 3.05) is 9.80 Å². The number of allylic oxidation sites excluding steroid dienone is 1. The lowest BCUT2D eigenvalue weighted by atomic mass is 9.85. The normalized spacial score (nSPS) is 23.8. The number of carbonyl (C=O) groups excluding carboxylic acids is 3. The summed E-state index contributed by atoms with van der Waals surface area (Å²) in [6.07, 6.45) is 2.02. The number of hydrogen-bond acceptors (Lipinski definition) is 4. The number of halogens is 1. The molecule has 0 unspecified atom stereocenters. The number of ketones is 1. The zero-order valence-electron chi connectivity index (χ0n) is 20.5. The second-order valence-corrected chi connectivity index (χ2v) is 10.6. The highest BCUT2D eigenvalue weighted by Crippen LogP contribution is 2.51. The van der Waals surface area contributed by atoms with Gasteiger partial charge in [0.05, 0.1) is 23.6 Å². The van der Waals surface area contributed by atoms with Gasteiger partial charge in [-0.1, -0.05) is 78.3 Å². The van der Waals surface area contributed by atoms with Crippen molar-refractivity contribution in [3.8, 4) is 0 Å². The number of carbonyl (C=O) groups is 3. The van der Waals surface area contributed by atoms with Gasteiger partial charge in [-0.2, -0.15) is 0 Å². The van der Waals surface area contributed by atoms with Gasteiger partial charge in [-0.05, 0) is 53.6 Å². The van der Waals surface area contributed by atoms with Gasteiger partial charge < -0.3 is 4.90 Å². The molecule has 5 nitrogen and oxygen atoms in total. The van der Waals surface area contributed by atoms with Crippen LogP contribution in [-0.2, 0) is 9.59 Å². The number of amides is 2. The molecule has 2 amide bonds. The van der Waals surface area contributed by atoms with E-state index in [1.807, 2.05) is 90.7 Å². The van der Waals surface area contributed by atoms with E-state index in [9.17, 15) is 14.4 Å². The predicted molar refractivity (Wildman–Crippen MR) is 149 cm³/mol. The van der Waals surface area contributed by atoms with Crippen LogP contribution in [0.1, 0.15) is 22.8 Å². The molecule has 0 N–H and O–H groups in total. The molecule has 6 heteroatoms. The van der Waals surface area contributed by atoms with Gasteiger partial charge in [0.2, 0.25) is 11.8 Å². The van der Waals surface area contributed by atoms with Crippen LogP contribution >= 0.6 is 11.6 Å². The minimum Gasteiger partial charge on any atom is -0.352 e. The number of imide groups is 1. The van der Waals surface area contributed by atoms with E-state index in [4.69, 9.17) is 11.6 Å². The summed E-state index contributed by atoms with van der Waals surface area (Å²) in [5, 5.41) is 2.57. The van der Waals surface area contributed by atoms with Crippen molar-refractivity contribution in [1.82, 2.24) is 0 Å². The highest BCUT2D eigenvalue weighted by molar-refractivity contribution is 6.31. The lowest BCUT2D eigenvalue weighted by molar-refractivity contribution is -0.122. The first-order valence-electron chi connectivity index (χ1n) is 12.7. The van der Waals surface area contributed by atoms with Crippen LogP contribution < -0.4 is 9.80 Å². The Morgan fingerprint density at radius 1 is 0.789 bits per heavy atom. The molecule has 4 aromatic rings. The lowest BCUT2D eigenvalue weighted by Gasteiger charge is -2.38. The molecule has 0 bridgehead atoms. The number of anilines is 2. The molecule has 38 heavy (non-hydrogen) atoms. The van der Waals surface area contributed by atoms with Crippen LogP contribution in [0.4, 0.5) is 11.4 Å². The van der Waals surface area contributed by atoms with Gasteiger partial charge in [-0.3, -0.25) is 14.4 Å². The summed E-state index contributed by atoms with van der Waals surface area (Å²) in [7, 11) is 0. The molecule has 2 saturated heterocycles. The fourth-order valence-electron chi connectivity index (χ4n) is 6.46. The summed E-state index contributed by atoms with van der Waals surface area (Å²) in [6.45, 7) is 1.98. The molecule has 186 valence electrons. The quantitative estimate of drug-likeness (QED) is 0.241. The monoisotopic (exact) mass is 518 g/mol. The Kier molecular flexibility index (Phi) is 5.07. The first-order valence-corrected chi connectivity index (χ1v) is 13.0. The van der Waals surface area contributed by atoms with Crippen LogP contribution in [0.15, 0.2) is 97.1 Å². The van der Waals surface area contributed by atoms with Crippen LogP contribution in [-0.4, -0.2) is 29.7 Å². The molecule has 4 atom stereocenters. The van der Waals surface area contributed by atoms with Crippen LogP contribution in [0.2, 0.25) is 5.02 Å². The summed E-state index contributed by atoms with van der Waals surface area (Å²) < 4.78 is 0. The topological polar surface area (TPSA) is 57.7 Å². The molecule has 4 aromatic carbocycles. The number of benzene rings is 4. The number of Topliss-reactive ketones (excluding diaryl/α,β-unsaturated/α-hetero) is 1. The van der Waals surface area contributed by atoms with E-state index >= 15 is 0 Å². The van der Waals surface area contributed by atoms with Crippen LogP contribution in [0.25, 0.3) is 16.3 Å². The van der Waals surface area contributed by atoms with Gasteiger partial charge in [-0.15, -0.1) is 0 Å². The molecular formula is C32H23ClN2O3. The molecule has 7 rings (SSSR count). The van der Waals surface area contributed by atoms with Crippen LogP contribution in [0.3, 0.4) is 0 Å². The van der Waals surface area contributed by atoms with Gasteiger partial charge in [0.25, 0.3) is 0 Å². The van der Waals surface area contributed by atoms with Crippen molar-refractivity contribution >= 4 is 56.9 Å². The maximum atomic E-state index is 14.2. The van der Waals surface area contributed by atoms with Crippen molar-refractivity contribution in [2.24, 2.45) is 11.8 Å². The molecule has 3 aliphatic rings. The third-order valence-electron chi connectivity index (χ3n) is 8.13. The SMILES string of the molecule is CC1=C[C@@H]2[C@H]3C(=O)N(c4ccc5ccccc5c4)C(=O)[C@H]3[C@@H](C(=O)c3ccccc3)N2c2ccc(Cl)cc21. The summed E-state index contributed by atoms with van der Waals surface area (Å²) in [5.41, 5.74) is 3.75. The number of nitrogens with zero attached hydrogens (tertiary/aromatic N) is 2. The predicted octanol–water partition coefficient (Wildman–Crippen LogP) is 6.16. The highest BCUT2D eigenvalue weighted by atomic mass is 35.5. The Labute approximate surface area is 224 Å². The second kappa shape index (κ2) is 8.40. The Bertz CT molecular complexity index is 1700. The number of fused-ring (bicyclic) bond motifs is 6. The smallest absolute Gasteiger partial charge is 0.240 e. The number of rotatable bonds is 3. The van der Waals surface area contributed by atoms with Gasteiger partial charge in [0.1, 0.15) is 6.04 Å². The molecule has 0 spiro atoms. The van der Waals surface area contributed by atoms with E-state index in [1.165, 1.54) is 4.90 Å². The minimum absolute atomic E-state index is 0.168. The Morgan fingerprint density at radius 2 is 1.50 bits per heavy atom. The van der Waals surface area contributed by atoms with Gasteiger partial charge in [0.15, 0.2) is 5.78 Å². The van der Waals surface area contributed by atoms with Crippen molar-refractivity contribution in [3.05, 3.63) is 113 Å². The van der Waals surface area contributed by atoms with Crippen LogP contribution in [0.5, 0.6) is 0 Å². The van der Waals surface area contributed by atoms with Gasteiger partial charge in [-0.25, -0.2) is 4.90 Å². The standard InChI is InChI=1S/C32H23ClN2O3/c1-18-15-26-27-28(32(38)34(31(27)37)23-13-11-19-7-5-6-10-21(19)16-23)29(30(36)20-8-3-2-4-9-20)35(26)25-14-12-22(33)17-24(18)25/h2-17,26-29H,1H3/t26-,27-,28-,29+/m1/s1. The first-order chi connectivity index (χ1) is 18.4. The zero-order valence-corrected chi connectivity index (χ0v) is 21.3. The van der Waals surface area contributed by atoms with Crippen molar-refractivity contribution in [3.63, 3.8) is 0 Å². The average Bonchev–Trinajstić information content (AvgIpc) is 3.40. The third kappa shape index (κ3) is 3.21. The van der Waals surface area contributed by atoms with E-state index < -0.39 is 23.9 Å². The molecule has 0 aliphatic carbocycles. The summed E-state index contributed by atoms with van der Waals surface area (Å²) >= 11 is 6.32. The molecule has 3 aliphatic heterocycles. The summed E-state index contributed by atoms with van der Waals surface area (Å²) in [4.78, 5) is 45.6. The molecule has 0 aromatic heterocycles. The second-order valence-electron chi connectivity index (χ2n) is 10.2. The summed E-state index contributed by atoms with van der Waals surface area (Å²) in [6, 6.07) is 26.8. The lowest BCUT2D eigenvalue weighted by Crippen LogP contribution is -2.49. The Balaban J connectivity index is 1.39. The molecule has 0 saturated carbocycles. The van der Waals surface area contributed by atoms with E-state index in [1.54, 1.807) is 18.2 Å². The van der Waals surface area contributed by atoms with E-state index in [2.05, 4.69) is 0 Å². The largest absolute Gasteiger partial charge is 0.352 e. The minimum atomic E-state index is -0.821. The van der Waals surface area contributed by atoms with Crippen LogP contribution in [0, 0.1) is 11.8 Å². The first kappa shape index (κ1) is 22.9. The Morgan fingerprint density at radius 3 is 2.29 bits per heavy atom. The maximum Gasteiger partial charge on any atom is 0.240 e. The van der Waals surface area contributed by atoms with Gasteiger partial charge >= 0.3 is 0 Å².